The van der Waals surface area contributed by atoms with Crippen molar-refractivity contribution in [2.24, 2.45) is 10.2 Å². The molecule has 33 heavy (non-hydrogen) atoms. The van der Waals surface area contributed by atoms with Crippen molar-refractivity contribution in [3.05, 3.63) is 48.5 Å². The average molecular weight is 491 g/mol. The molecule has 2 aromatic carbocycles. The second-order valence-corrected chi connectivity index (χ2v) is 10.3. The summed E-state index contributed by atoms with van der Waals surface area (Å²) < 4.78 is 59.9. The lowest BCUT2D eigenvalue weighted by Crippen LogP contribution is -2.28. The third-order valence-corrected chi connectivity index (χ3v) is 7.87. The Morgan fingerprint density at radius 1 is 0.758 bits per heavy atom. The molecule has 0 saturated carbocycles. The van der Waals surface area contributed by atoms with E-state index in [-0.39, 0.29) is 0 Å². The van der Waals surface area contributed by atoms with E-state index in [1.165, 1.54) is 50.6 Å². The summed E-state index contributed by atoms with van der Waals surface area (Å²) in [6, 6.07) is 15.0. The van der Waals surface area contributed by atoms with Gasteiger partial charge in [0.25, 0.3) is 10.1 Å². The monoisotopic (exact) mass is 490 g/mol. The Balaban J connectivity index is 2.20. The minimum absolute atomic E-state index is 0.324. The number of nitrogens with zero attached hydrogens (tertiary/aromatic N) is 4. The molecular weight excluding hydrogens is 472 g/mol. The van der Waals surface area contributed by atoms with Gasteiger partial charge >= 0.3 is 0 Å². The first kappa shape index (κ1) is 25.1. The molecule has 0 bridgehead atoms. The van der Waals surface area contributed by atoms with E-state index < -0.39 is 34.8 Å². The fourth-order valence-corrected chi connectivity index (χ4v) is 5.38. The maximum atomic E-state index is 12.5. The molecule has 0 spiro atoms. The van der Waals surface area contributed by atoms with Gasteiger partial charge in [-0.2, -0.15) is 20.7 Å². The van der Waals surface area contributed by atoms with E-state index in [4.69, 9.17) is 9.47 Å². The van der Waals surface area contributed by atoms with Gasteiger partial charge in [-0.3, -0.25) is 10.9 Å². The number of hydrazone groups is 2. The topological polar surface area (TPSA) is 183 Å². The first-order valence-electron chi connectivity index (χ1n) is 8.86. The quantitative estimate of drug-likeness (QED) is 0.313. The third-order valence-electron chi connectivity index (χ3n) is 3.84. The van der Waals surface area contributed by atoms with Gasteiger partial charge < -0.3 is 9.47 Å². The number of ether oxygens (including phenoxy) is 2. The minimum atomic E-state index is -4.72. The van der Waals surface area contributed by atoms with Gasteiger partial charge in [-0.25, -0.2) is 16.8 Å². The van der Waals surface area contributed by atoms with Gasteiger partial charge in [0.1, 0.15) is 23.6 Å². The molecule has 0 radical (unpaired) electrons. The van der Waals surface area contributed by atoms with Crippen molar-refractivity contribution < 1.29 is 26.3 Å². The molecule has 0 amide bonds. The maximum Gasteiger partial charge on any atom is 0.252 e. The van der Waals surface area contributed by atoms with E-state index in [0.29, 0.717) is 22.9 Å². The zero-order chi connectivity index (χ0) is 24.5. The number of nitriles is 2. The third kappa shape index (κ3) is 6.93. The van der Waals surface area contributed by atoms with E-state index >= 15 is 0 Å². The number of benzene rings is 2. The minimum Gasteiger partial charge on any atom is -0.497 e. The van der Waals surface area contributed by atoms with Crippen LogP contribution in [0.5, 0.6) is 11.5 Å². The van der Waals surface area contributed by atoms with Gasteiger partial charge in [0.05, 0.1) is 25.6 Å². The van der Waals surface area contributed by atoms with Crippen LogP contribution in [0.3, 0.4) is 0 Å². The van der Waals surface area contributed by atoms with Gasteiger partial charge in [-0.1, -0.05) is 0 Å². The summed E-state index contributed by atoms with van der Waals surface area (Å²) in [7, 11) is -6.52. The van der Waals surface area contributed by atoms with Crippen LogP contribution in [-0.2, 0) is 19.7 Å². The summed E-state index contributed by atoms with van der Waals surface area (Å²) in [6.45, 7) is 0. The van der Waals surface area contributed by atoms with Crippen LogP contribution in [0.25, 0.3) is 0 Å². The molecule has 0 atom stereocenters. The lowest BCUT2D eigenvalue weighted by molar-refractivity contribution is 0.415. The summed E-state index contributed by atoms with van der Waals surface area (Å²) in [6.07, 6.45) is 0. The largest absolute Gasteiger partial charge is 0.497 e. The summed E-state index contributed by atoms with van der Waals surface area (Å²) in [5.74, 6) is 1.07. The van der Waals surface area contributed by atoms with Crippen molar-refractivity contribution in [1.29, 1.82) is 10.5 Å². The SMILES string of the molecule is COc1ccc(NN=C(C#N)S(=O)(=O)CS(=O)(=O)C(C#N)=NNc2ccc(OC)cc2)cc1. The van der Waals surface area contributed by atoms with Crippen molar-refractivity contribution >= 4 is 41.1 Å². The molecule has 12 nitrogen and oxygen atoms in total. The van der Waals surface area contributed by atoms with Crippen LogP contribution in [0, 0.1) is 22.7 Å². The Bertz CT molecular complexity index is 1230. The predicted octanol–water partition coefficient (Wildman–Crippen LogP) is 1.69. The summed E-state index contributed by atoms with van der Waals surface area (Å²) in [4.78, 5) is 0. The molecule has 0 aromatic heterocycles. The fourth-order valence-electron chi connectivity index (χ4n) is 2.21. The predicted molar refractivity (Wildman–Crippen MR) is 122 cm³/mol. The highest BCUT2D eigenvalue weighted by molar-refractivity contribution is 8.22. The van der Waals surface area contributed by atoms with Gasteiger partial charge in [-0.15, -0.1) is 0 Å². The fraction of sp³-hybridized carbons (Fsp3) is 0.158. The Hall–Kier alpha value is -4.14. The van der Waals surface area contributed by atoms with Crippen LogP contribution >= 0.6 is 0 Å². The molecule has 2 rings (SSSR count). The lowest BCUT2D eigenvalue weighted by atomic mass is 10.3. The molecule has 0 fully saturated rings. The van der Waals surface area contributed by atoms with E-state index in [0.717, 1.165) is 0 Å². The highest BCUT2D eigenvalue weighted by Crippen LogP contribution is 2.16. The molecule has 2 aromatic rings. The highest BCUT2D eigenvalue weighted by atomic mass is 32.3. The van der Waals surface area contributed by atoms with E-state index in [2.05, 4.69) is 21.1 Å². The van der Waals surface area contributed by atoms with Crippen LogP contribution in [-0.4, -0.2) is 46.2 Å². The number of methoxy groups -OCH3 is 2. The number of rotatable bonds is 8. The van der Waals surface area contributed by atoms with Gasteiger partial charge in [0.15, 0.2) is 5.08 Å². The van der Waals surface area contributed by atoms with E-state index in [1.54, 1.807) is 24.3 Å². The van der Waals surface area contributed by atoms with Crippen LogP contribution < -0.4 is 20.3 Å². The summed E-state index contributed by atoms with van der Waals surface area (Å²) in [5.41, 5.74) is 5.36. The Labute approximate surface area is 190 Å². The van der Waals surface area contributed by atoms with Gasteiger partial charge in [-0.05, 0) is 48.5 Å². The van der Waals surface area contributed by atoms with Gasteiger partial charge in [0.2, 0.25) is 19.7 Å². The van der Waals surface area contributed by atoms with Crippen LogP contribution in [0.1, 0.15) is 0 Å². The second kappa shape index (κ2) is 10.9. The molecule has 0 aliphatic carbocycles. The number of sulfone groups is 2. The second-order valence-electron chi connectivity index (χ2n) is 6.09. The molecule has 0 aliphatic rings. The van der Waals surface area contributed by atoms with Gasteiger partial charge in [0, 0.05) is 0 Å². The average Bonchev–Trinajstić information content (AvgIpc) is 2.79. The smallest absolute Gasteiger partial charge is 0.252 e. The zero-order valence-electron chi connectivity index (χ0n) is 17.4. The lowest BCUT2D eigenvalue weighted by Gasteiger charge is -2.06. The molecule has 14 heteroatoms. The first-order chi connectivity index (χ1) is 15.6. The number of anilines is 2. The molecule has 2 N–H and O–H groups in total. The Kier molecular flexibility index (Phi) is 8.33. The molecule has 172 valence electrons. The first-order valence-corrected chi connectivity index (χ1v) is 12.2. The van der Waals surface area contributed by atoms with Crippen molar-refractivity contribution in [1.82, 2.24) is 0 Å². The Morgan fingerprint density at radius 2 is 1.09 bits per heavy atom. The summed E-state index contributed by atoms with van der Waals surface area (Å²) >= 11 is 0. The van der Waals surface area contributed by atoms with Crippen LogP contribution in [0.15, 0.2) is 58.7 Å². The van der Waals surface area contributed by atoms with Crippen molar-refractivity contribution in [2.75, 3.05) is 30.2 Å². The van der Waals surface area contributed by atoms with E-state index in [1.807, 2.05) is 0 Å². The molecule has 0 saturated heterocycles. The van der Waals surface area contributed by atoms with Crippen LogP contribution in [0.2, 0.25) is 0 Å². The zero-order valence-corrected chi connectivity index (χ0v) is 19.0. The van der Waals surface area contributed by atoms with Crippen molar-refractivity contribution in [3.8, 4) is 23.6 Å². The van der Waals surface area contributed by atoms with E-state index in [9.17, 15) is 27.4 Å². The maximum absolute atomic E-state index is 12.5. The number of hydrogen-bond donors (Lipinski definition) is 2. The standard InChI is InChI=1S/C19H18N6O6S2/c1-30-16-7-3-14(4-8-16)22-24-18(11-20)32(26,27)13-33(28,29)19(12-21)25-23-15-5-9-17(31-2)10-6-15/h3-10,22-23H,13H2,1-2H3. The summed E-state index contributed by atoms with van der Waals surface area (Å²) in [5, 5.41) is 21.6. The molecule has 0 aliphatic heterocycles. The van der Waals surface area contributed by atoms with Crippen molar-refractivity contribution in [3.63, 3.8) is 0 Å². The molecule has 0 unspecified atom stereocenters. The normalized spacial score (nSPS) is 12.2. The number of nitrogens with one attached hydrogen (secondary N) is 2. The Morgan fingerprint density at radius 3 is 1.36 bits per heavy atom. The number of hydrogen-bond acceptors (Lipinski definition) is 12. The highest BCUT2D eigenvalue weighted by Gasteiger charge is 2.32. The van der Waals surface area contributed by atoms with Crippen molar-refractivity contribution in [2.45, 2.75) is 0 Å². The molecular formula is C19H18N6O6S2. The van der Waals surface area contributed by atoms with Crippen LogP contribution in [0.4, 0.5) is 11.4 Å². The molecule has 0 heterocycles.